The van der Waals surface area contributed by atoms with E-state index >= 15 is 0 Å². The van der Waals surface area contributed by atoms with Gasteiger partial charge in [0.15, 0.2) is 5.65 Å². The fraction of sp³-hybridized carbons (Fsp3) is 0.0952. The number of carbonyl (C=O) groups is 1. The minimum Gasteiger partial charge on any atom is -0.322 e. The molecule has 0 atom stereocenters. The van der Waals surface area contributed by atoms with Crippen molar-refractivity contribution in [2.75, 3.05) is 5.32 Å². The summed E-state index contributed by atoms with van der Waals surface area (Å²) in [5.41, 5.74) is 4.32. The summed E-state index contributed by atoms with van der Waals surface area (Å²) in [6.45, 7) is 3.85. The number of aromatic nitrogens is 3. The van der Waals surface area contributed by atoms with Crippen molar-refractivity contribution in [3.63, 3.8) is 0 Å². The van der Waals surface area contributed by atoms with Crippen LogP contribution < -0.4 is 5.32 Å². The summed E-state index contributed by atoms with van der Waals surface area (Å²) in [6.07, 6.45) is 1.49. The van der Waals surface area contributed by atoms with Gasteiger partial charge < -0.3 is 5.32 Å². The molecule has 5 nitrogen and oxygen atoms in total. The van der Waals surface area contributed by atoms with Crippen LogP contribution in [0.3, 0.4) is 0 Å². The van der Waals surface area contributed by atoms with Crippen molar-refractivity contribution < 1.29 is 4.79 Å². The second-order valence-electron chi connectivity index (χ2n) is 6.48. The number of pyridine rings is 1. The van der Waals surface area contributed by atoms with E-state index in [1.54, 1.807) is 4.68 Å². The highest BCUT2D eigenvalue weighted by molar-refractivity contribution is 9.10. The van der Waals surface area contributed by atoms with E-state index in [0.29, 0.717) is 33.0 Å². The van der Waals surface area contributed by atoms with E-state index < -0.39 is 0 Å². The molecule has 1 N–H and O–H groups in total. The second kappa shape index (κ2) is 7.37. The van der Waals surface area contributed by atoms with Crippen LogP contribution in [0, 0.1) is 13.8 Å². The van der Waals surface area contributed by atoms with E-state index in [2.05, 4.69) is 31.3 Å². The Bertz CT molecular complexity index is 1180. The molecule has 0 aliphatic rings. The van der Waals surface area contributed by atoms with Gasteiger partial charge in [-0.25, -0.2) is 9.67 Å². The van der Waals surface area contributed by atoms with Crippen LogP contribution >= 0.6 is 27.5 Å². The lowest BCUT2D eigenvalue weighted by Gasteiger charge is -2.08. The molecule has 0 bridgehead atoms. The van der Waals surface area contributed by atoms with Crippen LogP contribution in [0.4, 0.5) is 5.69 Å². The highest BCUT2D eigenvalue weighted by Gasteiger charge is 2.20. The Labute approximate surface area is 175 Å². The van der Waals surface area contributed by atoms with Crippen molar-refractivity contribution in [1.82, 2.24) is 14.8 Å². The molecule has 0 saturated carbocycles. The minimum absolute atomic E-state index is 0.306. The Morgan fingerprint density at radius 1 is 1.07 bits per heavy atom. The summed E-state index contributed by atoms with van der Waals surface area (Å²) in [5, 5.41) is 8.44. The van der Waals surface area contributed by atoms with Crippen molar-refractivity contribution in [2.24, 2.45) is 0 Å². The molecule has 4 rings (SSSR count). The van der Waals surface area contributed by atoms with Crippen LogP contribution in [0.2, 0.25) is 5.02 Å². The highest BCUT2D eigenvalue weighted by atomic mass is 79.9. The number of nitrogens with zero attached hydrogens (tertiary/aromatic N) is 3. The number of hydrogen-bond donors (Lipinski definition) is 1. The normalized spacial score (nSPS) is 11.0. The van der Waals surface area contributed by atoms with Gasteiger partial charge in [-0.05, 0) is 50.2 Å². The number of rotatable bonds is 3. The molecule has 0 unspecified atom stereocenters. The zero-order valence-corrected chi connectivity index (χ0v) is 17.5. The number of hydrogen-bond acceptors (Lipinski definition) is 3. The fourth-order valence-electron chi connectivity index (χ4n) is 2.96. The molecule has 0 spiro atoms. The van der Waals surface area contributed by atoms with E-state index in [1.165, 1.54) is 6.20 Å². The minimum atomic E-state index is -0.306. The van der Waals surface area contributed by atoms with Gasteiger partial charge in [0.25, 0.3) is 5.91 Å². The molecule has 0 fully saturated rings. The first kappa shape index (κ1) is 18.7. The number of anilines is 1. The monoisotopic (exact) mass is 454 g/mol. The predicted molar refractivity (Wildman–Crippen MR) is 115 cm³/mol. The van der Waals surface area contributed by atoms with Gasteiger partial charge in [0.1, 0.15) is 0 Å². The van der Waals surface area contributed by atoms with Crippen LogP contribution in [0.25, 0.3) is 16.7 Å². The third-order valence-electron chi connectivity index (χ3n) is 4.43. The van der Waals surface area contributed by atoms with Gasteiger partial charge in [-0.15, -0.1) is 0 Å². The van der Waals surface area contributed by atoms with Gasteiger partial charge in [0, 0.05) is 16.4 Å². The van der Waals surface area contributed by atoms with Crippen molar-refractivity contribution in [3.8, 4) is 5.69 Å². The maximum Gasteiger partial charge on any atom is 0.258 e. The number of halogens is 2. The summed E-state index contributed by atoms with van der Waals surface area (Å²) in [5.74, 6) is -0.306. The number of benzene rings is 2. The van der Waals surface area contributed by atoms with Crippen molar-refractivity contribution in [1.29, 1.82) is 0 Å². The predicted octanol–water partition coefficient (Wildman–Crippen LogP) is 5.71. The van der Waals surface area contributed by atoms with Gasteiger partial charge in [0.05, 0.1) is 27.4 Å². The van der Waals surface area contributed by atoms with Crippen LogP contribution in [-0.2, 0) is 0 Å². The summed E-state index contributed by atoms with van der Waals surface area (Å²) < 4.78 is 2.70. The lowest BCUT2D eigenvalue weighted by atomic mass is 10.1. The molecule has 28 heavy (non-hydrogen) atoms. The Kier molecular flexibility index (Phi) is 4.91. The first-order valence-electron chi connectivity index (χ1n) is 8.62. The Hall–Kier alpha value is -2.70. The molecule has 0 aliphatic heterocycles. The maximum absolute atomic E-state index is 12.7. The zero-order chi connectivity index (χ0) is 19.8. The number of aryl methyl sites for hydroxylation is 2. The van der Waals surface area contributed by atoms with E-state index in [0.717, 1.165) is 15.7 Å². The molecule has 1 amide bonds. The zero-order valence-electron chi connectivity index (χ0n) is 15.2. The van der Waals surface area contributed by atoms with E-state index in [1.807, 2.05) is 62.4 Å². The number of nitrogens with one attached hydrogen (secondary N) is 1. The SMILES string of the molecule is Cc1ccc(NC(=O)c2cnc3c(c(C)nn3-c3ccc(Br)cc3)c2Cl)cc1. The second-order valence-corrected chi connectivity index (χ2v) is 7.77. The average Bonchev–Trinajstić information content (AvgIpc) is 3.02. The smallest absolute Gasteiger partial charge is 0.258 e. The molecule has 7 heteroatoms. The number of carbonyl (C=O) groups excluding carboxylic acids is 1. The molecule has 0 saturated heterocycles. The van der Waals surface area contributed by atoms with Gasteiger partial charge in [-0.2, -0.15) is 5.10 Å². The molecule has 2 heterocycles. The van der Waals surface area contributed by atoms with E-state index in [4.69, 9.17) is 11.6 Å². The molecule has 4 aromatic rings. The standard InChI is InChI=1S/C21H16BrClN4O/c1-12-3-7-15(8-4-12)25-21(28)17-11-24-20-18(19(17)23)13(2)26-27(20)16-9-5-14(22)6-10-16/h3-11H,1-2H3,(H,25,28). The van der Waals surface area contributed by atoms with Gasteiger partial charge in [0.2, 0.25) is 0 Å². The topological polar surface area (TPSA) is 59.8 Å². The van der Waals surface area contributed by atoms with Gasteiger partial charge >= 0.3 is 0 Å². The first-order chi connectivity index (χ1) is 13.4. The molecular weight excluding hydrogens is 440 g/mol. The highest BCUT2D eigenvalue weighted by Crippen LogP contribution is 2.30. The number of amides is 1. The van der Waals surface area contributed by atoms with Gasteiger partial charge in [-0.1, -0.05) is 45.2 Å². The molecule has 2 aromatic carbocycles. The molecule has 0 radical (unpaired) electrons. The largest absolute Gasteiger partial charge is 0.322 e. The van der Waals surface area contributed by atoms with Crippen molar-refractivity contribution >= 4 is 50.2 Å². The molecular formula is C21H16BrClN4O. The van der Waals surface area contributed by atoms with Crippen LogP contribution in [0.1, 0.15) is 21.6 Å². The molecule has 0 aliphatic carbocycles. The summed E-state index contributed by atoms with van der Waals surface area (Å²) in [4.78, 5) is 17.2. The van der Waals surface area contributed by atoms with Crippen LogP contribution in [0.5, 0.6) is 0 Å². The van der Waals surface area contributed by atoms with Gasteiger partial charge in [-0.3, -0.25) is 4.79 Å². The quantitative estimate of drug-likeness (QED) is 0.431. The Morgan fingerprint density at radius 2 is 1.75 bits per heavy atom. The van der Waals surface area contributed by atoms with Crippen molar-refractivity contribution in [3.05, 3.63) is 81.0 Å². The lowest BCUT2D eigenvalue weighted by Crippen LogP contribution is -2.13. The summed E-state index contributed by atoms with van der Waals surface area (Å²) >= 11 is 10.0. The lowest BCUT2D eigenvalue weighted by molar-refractivity contribution is 0.102. The Balaban J connectivity index is 1.74. The molecule has 140 valence electrons. The fourth-order valence-corrected chi connectivity index (χ4v) is 3.58. The van der Waals surface area contributed by atoms with Crippen molar-refractivity contribution in [2.45, 2.75) is 13.8 Å². The Morgan fingerprint density at radius 3 is 2.43 bits per heavy atom. The van der Waals surface area contributed by atoms with E-state index in [9.17, 15) is 4.79 Å². The first-order valence-corrected chi connectivity index (χ1v) is 9.79. The van der Waals surface area contributed by atoms with Crippen LogP contribution in [0.15, 0.2) is 59.2 Å². The summed E-state index contributed by atoms with van der Waals surface area (Å²) in [7, 11) is 0. The molecule has 2 aromatic heterocycles. The third-order valence-corrected chi connectivity index (χ3v) is 5.35. The maximum atomic E-state index is 12.7. The average molecular weight is 456 g/mol. The van der Waals surface area contributed by atoms with E-state index in [-0.39, 0.29) is 5.91 Å². The number of fused-ring (bicyclic) bond motifs is 1. The van der Waals surface area contributed by atoms with Crippen LogP contribution in [-0.4, -0.2) is 20.7 Å². The summed E-state index contributed by atoms with van der Waals surface area (Å²) in [6, 6.07) is 15.3. The third kappa shape index (κ3) is 3.41.